The summed E-state index contributed by atoms with van der Waals surface area (Å²) in [5.74, 6) is 0.716. The molecule has 0 unspecified atom stereocenters. The van der Waals surface area contributed by atoms with Crippen LogP contribution in [0.25, 0.3) is 21.9 Å². The minimum atomic E-state index is 0.246. The second kappa shape index (κ2) is 5.95. The molecule has 0 saturated heterocycles. The van der Waals surface area contributed by atoms with E-state index in [9.17, 15) is 0 Å². The normalized spacial score (nSPS) is 16.8. The van der Waals surface area contributed by atoms with E-state index < -0.39 is 0 Å². The van der Waals surface area contributed by atoms with Gasteiger partial charge in [0, 0.05) is 28.8 Å². The number of H-pyrrole nitrogens is 1. The number of anilines is 1. The lowest BCUT2D eigenvalue weighted by Gasteiger charge is -2.24. The minimum absolute atomic E-state index is 0.246. The Labute approximate surface area is 155 Å². The van der Waals surface area contributed by atoms with Gasteiger partial charge in [-0.05, 0) is 61.0 Å². The van der Waals surface area contributed by atoms with Gasteiger partial charge in [-0.25, -0.2) is 4.98 Å². The van der Waals surface area contributed by atoms with Gasteiger partial charge in [0.2, 0.25) is 5.28 Å². The van der Waals surface area contributed by atoms with Crippen LogP contribution in [0.1, 0.15) is 23.2 Å². The molecule has 130 valence electrons. The van der Waals surface area contributed by atoms with Crippen LogP contribution in [0.15, 0.2) is 36.5 Å². The highest BCUT2D eigenvalue weighted by molar-refractivity contribution is 6.28. The van der Waals surface area contributed by atoms with Gasteiger partial charge in [-0.1, -0.05) is 18.2 Å². The third-order valence-electron chi connectivity index (χ3n) is 5.08. The molecule has 0 saturated carbocycles. The fourth-order valence-electron chi connectivity index (χ4n) is 3.88. The fraction of sp³-hybridized carbons (Fsp3) is 0.250. The highest BCUT2D eigenvalue weighted by Gasteiger charge is 2.23. The van der Waals surface area contributed by atoms with Crippen molar-refractivity contribution in [1.82, 2.24) is 19.9 Å². The maximum absolute atomic E-state index is 6.14. The second-order valence-corrected chi connectivity index (χ2v) is 7.27. The molecule has 26 heavy (non-hydrogen) atoms. The number of aromatic amines is 1. The first kappa shape index (κ1) is 15.6. The number of hydrogen-bond donors (Lipinski definition) is 2. The Kier molecular flexibility index (Phi) is 3.57. The van der Waals surface area contributed by atoms with E-state index in [1.165, 1.54) is 22.2 Å². The number of aryl methyl sites for hydroxylation is 2. The molecule has 0 amide bonds. The zero-order chi connectivity index (χ0) is 17.7. The number of hydrogen-bond acceptors (Lipinski definition) is 4. The lowest BCUT2D eigenvalue weighted by molar-refractivity contribution is 0.606. The van der Waals surface area contributed by atoms with Crippen molar-refractivity contribution in [2.24, 2.45) is 0 Å². The van der Waals surface area contributed by atoms with Crippen molar-refractivity contribution in [3.8, 4) is 0 Å². The van der Waals surface area contributed by atoms with Crippen LogP contribution >= 0.6 is 11.6 Å². The van der Waals surface area contributed by atoms with E-state index in [-0.39, 0.29) is 5.28 Å². The Morgan fingerprint density at radius 2 is 2.12 bits per heavy atom. The van der Waals surface area contributed by atoms with E-state index in [2.05, 4.69) is 49.5 Å². The van der Waals surface area contributed by atoms with E-state index in [4.69, 9.17) is 11.6 Å². The fourth-order valence-corrected chi connectivity index (χ4v) is 4.05. The Balaban J connectivity index is 1.50. The topological polar surface area (TPSA) is 66.5 Å². The van der Waals surface area contributed by atoms with Crippen LogP contribution in [0, 0.1) is 6.92 Å². The van der Waals surface area contributed by atoms with Crippen molar-refractivity contribution in [3.63, 3.8) is 0 Å². The van der Waals surface area contributed by atoms with Crippen molar-refractivity contribution < 1.29 is 0 Å². The van der Waals surface area contributed by atoms with Crippen LogP contribution in [0.2, 0.25) is 5.28 Å². The summed E-state index contributed by atoms with van der Waals surface area (Å²) in [4.78, 5) is 16.8. The third kappa shape index (κ3) is 2.59. The zero-order valence-electron chi connectivity index (χ0n) is 14.4. The van der Waals surface area contributed by atoms with E-state index in [0.717, 1.165) is 35.9 Å². The predicted molar refractivity (Wildman–Crippen MR) is 105 cm³/mol. The molecule has 2 N–H and O–H groups in total. The first-order chi connectivity index (χ1) is 12.7. The Hall–Kier alpha value is -2.66. The van der Waals surface area contributed by atoms with Crippen molar-refractivity contribution in [3.05, 3.63) is 58.6 Å². The molecule has 0 bridgehead atoms. The number of fused-ring (bicyclic) bond motifs is 4. The van der Waals surface area contributed by atoms with Crippen LogP contribution in [-0.2, 0) is 12.8 Å². The summed E-state index contributed by atoms with van der Waals surface area (Å²) in [6.45, 7) is 2.00. The molecule has 3 aromatic heterocycles. The van der Waals surface area contributed by atoms with Crippen molar-refractivity contribution in [2.75, 3.05) is 5.32 Å². The Morgan fingerprint density at radius 3 is 3.04 bits per heavy atom. The summed E-state index contributed by atoms with van der Waals surface area (Å²) in [5.41, 5.74) is 6.56. The molecule has 1 aliphatic carbocycles. The van der Waals surface area contributed by atoms with Crippen molar-refractivity contribution >= 4 is 39.4 Å². The van der Waals surface area contributed by atoms with Gasteiger partial charge in [-0.2, -0.15) is 4.98 Å². The highest BCUT2D eigenvalue weighted by atomic mass is 35.5. The standard InChI is InChI=1S/C20H18ClN5/c1-11-8-17-18(22-10-11)19(26-20(21)25-17)23-12-6-7-16-14(9-12)13-4-2-3-5-15(13)24-16/h2-5,8,10,12,24H,6-7,9H2,1H3,(H,23,25,26)/t12-/m1/s1. The van der Waals surface area contributed by atoms with Gasteiger partial charge >= 0.3 is 0 Å². The van der Waals surface area contributed by atoms with Gasteiger partial charge in [-0.15, -0.1) is 0 Å². The SMILES string of the molecule is Cc1cnc2c(N[C@@H]3CCc4[nH]c5ccccc5c4C3)nc(Cl)nc2c1. The van der Waals surface area contributed by atoms with Crippen molar-refractivity contribution in [1.29, 1.82) is 0 Å². The van der Waals surface area contributed by atoms with Crippen LogP contribution in [0.4, 0.5) is 5.82 Å². The second-order valence-electron chi connectivity index (χ2n) is 6.93. The molecule has 5 nitrogen and oxygen atoms in total. The Morgan fingerprint density at radius 1 is 1.23 bits per heavy atom. The average molecular weight is 364 g/mol. The molecule has 0 aliphatic heterocycles. The molecule has 0 fully saturated rings. The number of pyridine rings is 1. The van der Waals surface area contributed by atoms with Crippen LogP contribution in [0.5, 0.6) is 0 Å². The summed E-state index contributed by atoms with van der Waals surface area (Å²) < 4.78 is 0. The van der Waals surface area contributed by atoms with Crippen LogP contribution in [-0.4, -0.2) is 26.0 Å². The van der Waals surface area contributed by atoms with Gasteiger partial charge in [0.1, 0.15) is 5.52 Å². The summed E-state index contributed by atoms with van der Waals surface area (Å²) in [6, 6.07) is 10.8. The molecule has 6 heteroatoms. The molecule has 0 spiro atoms. The summed E-state index contributed by atoms with van der Waals surface area (Å²) in [5, 5.41) is 5.13. The molecule has 1 atom stereocenters. The molecule has 4 aromatic rings. The van der Waals surface area contributed by atoms with Crippen LogP contribution < -0.4 is 5.32 Å². The number of nitrogens with one attached hydrogen (secondary N) is 2. The molecule has 5 rings (SSSR count). The summed E-state index contributed by atoms with van der Waals surface area (Å²) >= 11 is 6.14. The molecule has 0 radical (unpaired) electrons. The maximum Gasteiger partial charge on any atom is 0.225 e. The molecule has 1 aromatic carbocycles. The first-order valence-corrected chi connectivity index (χ1v) is 9.20. The lowest BCUT2D eigenvalue weighted by atomic mass is 9.91. The van der Waals surface area contributed by atoms with Crippen LogP contribution in [0.3, 0.4) is 0 Å². The zero-order valence-corrected chi connectivity index (χ0v) is 15.1. The summed E-state index contributed by atoms with van der Waals surface area (Å²) in [7, 11) is 0. The molecular formula is C20H18ClN5. The molecule has 1 aliphatic rings. The Bertz CT molecular complexity index is 1130. The number of benzene rings is 1. The van der Waals surface area contributed by atoms with E-state index in [0.29, 0.717) is 11.9 Å². The number of halogens is 1. The smallest absolute Gasteiger partial charge is 0.225 e. The van der Waals surface area contributed by atoms with E-state index in [1.807, 2.05) is 19.2 Å². The summed E-state index contributed by atoms with van der Waals surface area (Å²) in [6.07, 6.45) is 4.84. The van der Waals surface area contributed by atoms with E-state index in [1.54, 1.807) is 0 Å². The van der Waals surface area contributed by atoms with E-state index >= 15 is 0 Å². The van der Waals surface area contributed by atoms with Crippen molar-refractivity contribution in [2.45, 2.75) is 32.2 Å². The number of para-hydroxylation sites is 1. The van der Waals surface area contributed by atoms with Gasteiger partial charge in [0.05, 0.1) is 5.52 Å². The van der Waals surface area contributed by atoms with Gasteiger partial charge in [-0.3, -0.25) is 4.98 Å². The van der Waals surface area contributed by atoms with Gasteiger partial charge in [0.15, 0.2) is 5.82 Å². The number of nitrogens with zero attached hydrogens (tertiary/aromatic N) is 3. The largest absolute Gasteiger partial charge is 0.365 e. The highest BCUT2D eigenvalue weighted by Crippen LogP contribution is 2.31. The minimum Gasteiger partial charge on any atom is -0.365 e. The van der Waals surface area contributed by atoms with Gasteiger partial charge in [0.25, 0.3) is 0 Å². The first-order valence-electron chi connectivity index (χ1n) is 8.82. The average Bonchev–Trinajstić information content (AvgIpc) is 2.99. The predicted octanol–water partition coefficient (Wildman–Crippen LogP) is 4.44. The lowest BCUT2D eigenvalue weighted by Crippen LogP contribution is -2.27. The number of rotatable bonds is 2. The number of aromatic nitrogens is 4. The molecular weight excluding hydrogens is 346 g/mol. The third-order valence-corrected chi connectivity index (χ3v) is 5.25. The molecule has 3 heterocycles. The quantitative estimate of drug-likeness (QED) is 0.517. The maximum atomic E-state index is 6.14. The monoisotopic (exact) mass is 363 g/mol. The van der Waals surface area contributed by atoms with Gasteiger partial charge < -0.3 is 10.3 Å².